The fraction of sp³-hybridized carbons (Fsp3) is 0.606. The number of benzene rings is 1. The summed E-state index contributed by atoms with van der Waals surface area (Å²) in [5, 5.41) is 29.2. The Kier molecular flexibility index (Phi) is 11.9. The molecule has 1 aromatic carbocycles. The summed E-state index contributed by atoms with van der Waals surface area (Å²) in [5.74, 6) is -1.66. The molecular weight excluding hydrogens is 622 g/mol. The van der Waals surface area contributed by atoms with Crippen molar-refractivity contribution in [3.05, 3.63) is 40.4 Å². The standard InChI is InChI=1S/C33H51N7O6S/c1-21(41)34-28-35-25(26(47-28)20-39-18-16-23(17-19-39)27(42)38(8)9)15-12-22-10-13-24(14-11-22)36-33(31(2,3)4,37-29(43)44)40(30(45)46)32(5,6)7/h10-11,13-14,23,36-37H,12,15-20H2,1-9H3,(H,43,44)(H,45,46)(H,34,35,41). The first-order chi connectivity index (χ1) is 21.7. The molecule has 1 unspecified atom stereocenters. The maximum atomic E-state index is 12.6. The van der Waals surface area contributed by atoms with E-state index in [9.17, 15) is 29.4 Å². The number of carboxylic acid groups (broad SMARTS) is 2. The fourth-order valence-corrected chi connectivity index (χ4v) is 7.08. The Labute approximate surface area is 281 Å². The Morgan fingerprint density at radius 2 is 1.57 bits per heavy atom. The first-order valence-electron chi connectivity index (χ1n) is 15.8. The van der Waals surface area contributed by atoms with E-state index in [4.69, 9.17) is 4.98 Å². The number of hydrogen-bond acceptors (Lipinski definition) is 8. The summed E-state index contributed by atoms with van der Waals surface area (Å²) in [4.78, 5) is 59.7. The van der Waals surface area contributed by atoms with Crippen LogP contribution in [0.5, 0.6) is 0 Å². The molecule has 47 heavy (non-hydrogen) atoms. The molecule has 0 aliphatic carbocycles. The number of nitrogens with one attached hydrogen (secondary N) is 3. The number of carbonyl (C=O) groups excluding carboxylic acids is 2. The average Bonchev–Trinajstić information content (AvgIpc) is 3.30. The van der Waals surface area contributed by atoms with Gasteiger partial charge in [-0.1, -0.05) is 32.9 Å². The van der Waals surface area contributed by atoms with Crippen molar-refractivity contribution < 1.29 is 29.4 Å². The Hall–Kier alpha value is -3.91. The summed E-state index contributed by atoms with van der Waals surface area (Å²) in [6, 6.07) is 7.47. The van der Waals surface area contributed by atoms with Crippen molar-refractivity contribution >= 4 is 46.2 Å². The molecule has 1 fully saturated rings. The van der Waals surface area contributed by atoms with Crippen LogP contribution in [0.15, 0.2) is 24.3 Å². The Bertz CT molecular complexity index is 1420. The van der Waals surface area contributed by atoms with Gasteiger partial charge in [-0.2, -0.15) is 0 Å². The Balaban J connectivity index is 1.80. The molecule has 0 radical (unpaired) electrons. The van der Waals surface area contributed by atoms with Gasteiger partial charge >= 0.3 is 12.2 Å². The van der Waals surface area contributed by atoms with Crippen LogP contribution in [0, 0.1) is 11.3 Å². The van der Waals surface area contributed by atoms with Gasteiger partial charge in [0.2, 0.25) is 17.6 Å². The number of piperidine rings is 1. The van der Waals surface area contributed by atoms with Crippen molar-refractivity contribution in [2.24, 2.45) is 11.3 Å². The molecule has 3 rings (SSSR count). The lowest BCUT2D eigenvalue weighted by Gasteiger charge is -2.55. The third-order valence-corrected chi connectivity index (χ3v) is 9.30. The van der Waals surface area contributed by atoms with E-state index in [0.717, 1.165) is 47.0 Å². The molecule has 2 heterocycles. The highest BCUT2D eigenvalue weighted by Gasteiger charge is 2.54. The number of nitrogens with zero attached hydrogens (tertiary/aromatic N) is 4. The molecule has 1 aliphatic heterocycles. The summed E-state index contributed by atoms with van der Waals surface area (Å²) >= 11 is 1.47. The number of hydrogen-bond donors (Lipinski definition) is 5. The quantitative estimate of drug-likeness (QED) is 0.198. The van der Waals surface area contributed by atoms with Gasteiger partial charge in [-0.05, 0) is 77.2 Å². The van der Waals surface area contributed by atoms with E-state index < -0.39 is 28.9 Å². The third kappa shape index (κ3) is 9.57. The average molecular weight is 674 g/mol. The van der Waals surface area contributed by atoms with Gasteiger partial charge in [0.25, 0.3) is 0 Å². The molecule has 1 aliphatic rings. The van der Waals surface area contributed by atoms with E-state index in [0.29, 0.717) is 30.2 Å². The number of amides is 4. The summed E-state index contributed by atoms with van der Waals surface area (Å²) in [7, 11) is 3.59. The van der Waals surface area contributed by atoms with Gasteiger partial charge in [0.05, 0.1) is 5.69 Å². The second kappa shape index (κ2) is 14.9. The van der Waals surface area contributed by atoms with Crippen molar-refractivity contribution in [1.29, 1.82) is 0 Å². The zero-order valence-corrected chi connectivity index (χ0v) is 29.9. The van der Waals surface area contributed by atoms with Crippen LogP contribution in [0.25, 0.3) is 0 Å². The zero-order chi connectivity index (χ0) is 35.3. The van der Waals surface area contributed by atoms with Gasteiger partial charge in [-0.3, -0.25) is 24.7 Å². The molecule has 0 spiro atoms. The van der Waals surface area contributed by atoms with Gasteiger partial charge in [0.1, 0.15) is 0 Å². The minimum absolute atomic E-state index is 0.0451. The molecule has 260 valence electrons. The number of anilines is 2. The maximum absolute atomic E-state index is 12.6. The van der Waals surface area contributed by atoms with Crippen LogP contribution >= 0.6 is 11.3 Å². The Morgan fingerprint density at radius 3 is 2.04 bits per heavy atom. The largest absolute Gasteiger partial charge is 0.465 e. The smallest absolute Gasteiger partial charge is 0.411 e. The minimum Gasteiger partial charge on any atom is -0.465 e. The highest BCUT2D eigenvalue weighted by molar-refractivity contribution is 7.15. The summed E-state index contributed by atoms with van der Waals surface area (Å²) < 4.78 is 0. The highest BCUT2D eigenvalue weighted by Crippen LogP contribution is 2.39. The first-order valence-corrected chi connectivity index (χ1v) is 16.7. The fourth-order valence-electron chi connectivity index (χ4n) is 5.98. The topological polar surface area (TPSA) is 167 Å². The SMILES string of the molecule is CC(=O)Nc1nc(CCc2ccc(NC(NC(=O)O)(N(C(=O)O)C(C)(C)C)C(C)(C)C)cc2)c(CN2CCC(C(=O)N(C)C)CC2)s1. The van der Waals surface area contributed by atoms with Gasteiger partial charge in [0, 0.05) is 55.0 Å². The normalized spacial score (nSPS) is 15.8. The monoisotopic (exact) mass is 673 g/mol. The Morgan fingerprint density at radius 1 is 0.979 bits per heavy atom. The van der Waals surface area contributed by atoms with Crippen molar-refractivity contribution in [1.82, 2.24) is 25.0 Å². The van der Waals surface area contributed by atoms with Crippen molar-refractivity contribution in [3.8, 4) is 0 Å². The molecule has 5 N–H and O–H groups in total. The van der Waals surface area contributed by atoms with Gasteiger partial charge in [-0.15, -0.1) is 11.3 Å². The van der Waals surface area contributed by atoms with Gasteiger partial charge in [-0.25, -0.2) is 14.6 Å². The number of aromatic nitrogens is 1. The zero-order valence-electron chi connectivity index (χ0n) is 29.1. The molecule has 4 amide bonds. The van der Waals surface area contributed by atoms with E-state index in [2.05, 4.69) is 20.9 Å². The highest BCUT2D eigenvalue weighted by atomic mass is 32.1. The number of aryl methyl sites for hydroxylation is 2. The predicted molar refractivity (Wildman–Crippen MR) is 184 cm³/mol. The van der Waals surface area contributed by atoms with Crippen molar-refractivity contribution in [2.75, 3.05) is 37.8 Å². The van der Waals surface area contributed by atoms with E-state index in [1.807, 2.05) is 24.3 Å². The molecule has 0 saturated carbocycles. The minimum atomic E-state index is -1.70. The van der Waals surface area contributed by atoms with Crippen molar-refractivity contribution in [3.63, 3.8) is 0 Å². The molecule has 13 nitrogen and oxygen atoms in total. The lowest BCUT2D eigenvalue weighted by atomic mass is 9.82. The van der Waals surface area contributed by atoms with Crippen molar-refractivity contribution in [2.45, 2.75) is 92.0 Å². The van der Waals surface area contributed by atoms with E-state index in [-0.39, 0.29) is 17.7 Å². The summed E-state index contributed by atoms with van der Waals surface area (Å²) in [5.41, 5.74) is 0.616. The second-order valence-corrected chi connectivity index (χ2v) is 15.4. The third-order valence-electron chi connectivity index (χ3n) is 8.31. The molecule has 0 bridgehead atoms. The predicted octanol–water partition coefficient (Wildman–Crippen LogP) is 5.34. The second-order valence-electron chi connectivity index (χ2n) is 14.4. The molecule has 14 heteroatoms. The van der Waals surface area contributed by atoms with Gasteiger partial charge < -0.3 is 25.7 Å². The van der Waals surface area contributed by atoms with Crippen LogP contribution in [0.2, 0.25) is 0 Å². The first kappa shape index (κ1) is 37.5. The van der Waals surface area contributed by atoms with E-state index >= 15 is 0 Å². The molecule has 1 saturated heterocycles. The lowest BCUT2D eigenvalue weighted by Crippen LogP contribution is -2.76. The molecule has 1 atom stereocenters. The van der Waals surface area contributed by atoms with Crippen LogP contribution in [-0.2, 0) is 29.0 Å². The number of thiazole rings is 1. The maximum Gasteiger partial charge on any atom is 0.411 e. The number of rotatable bonds is 11. The van der Waals surface area contributed by atoms with E-state index in [1.54, 1.807) is 60.5 Å². The summed E-state index contributed by atoms with van der Waals surface area (Å²) in [6.07, 6.45) is 0.289. The van der Waals surface area contributed by atoms with Crippen LogP contribution in [0.4, 0.5) is 20.4 Å². The number of carbonyl (C=O) groups is 4. The molecule has 1 aromatic heterocycles. The van der Waals surface area contributed by atoms with Crippen LogP contribution in [-0.4, -0.2) is 92.4 Å². The summed E-state index contributed by atoms with van der Waals surface area (Å²) in [6.45, 7) is 14.3. The van der Waals surface area contributed by atoms with E-state index in [1.165, 1.54) is 18.3 Å². The molecular formula is C33H51N7O6S. The lowest BCUT2D eigenvalue weighted by molar-refractivity contribution is -0.134. The van der Waals surface area contributed by atoms with Crippen LogP contribution in [0.3, 0.4) is 0 Å². The van der Waals surface area contributed by atoms with Crippen LogP contribution < -0.4 is 16.0 Å². The molecule has 2 aromatic rings. The van der Waals surface area contributed by atoms with Gasteiger partial charge in [0.15, 0.2) is 5.13 Å². The van der Waals surface area contributed by atoms with Crippen LogP contribution in [0.1, 0.15) is 77.4 Å². The number of likely N-dealkylation sites (tertiary alicyclic amines) is 1.